The second kappa shape index (κ2) is 6.58. The molecule has 5 heteroatoms. The molecule has 2 rings (SSSR count). The molecule has 0 unspecified atom stereocenters. The summed E-state index contributed by atoms with van der Waals surface area (Å²) in [5, 5.41) is 14.5. The summed E-state index contributed by atoms with van der Waals surface area (Å²) < 4.78 is 4.76. The maximum atomic E-state index is 12.1. The molecule has 2 aromatic carbocycles. The number of benzene rings is 2. The van der Waals surface area contributed by atoms with Crippen molar-refractivity contribution < 1.29 is 19.4 Å². The van der Waals surface area contributed by atoms with Crippen molar-refractivity contribution in [3.8, 4) is 0 Å². The second-order valence-electron chi connectivity index (χ2n) is 5.24. The average Bonchev–Trinajstić information content (AvgIpc) is 2.52. The van der Waals surface area contributed by atoms with E-state index < -0.39 is 11.6 Å². The van der Waals surface area contributed by atoms with Crippen LogP contribution in [0.15, 0.2) is 42.5 Å². The van der Waals surface area contributed by atoms with Crippen molar-refractivity contribution in [3.63, 3.8) is 0 Å². The lowest BCUT2D eigenvalue weighted by Gasteiger charge is -2.21. The minimum Gasteiger partial charge on any atom is -0.464 e. The number of amides is 1. The van der Waals surface area contributed by atoms with Gasteiger partial charge in [0.25, 0.3) is 5.91 Å². The lowest BCUT2D eigenvalue weighted by Crippen LogP contribution is -2.47. The number of carbonyl (C=O) groups excluding carboxylic acids is 2. The number of carbonyl (C=O) groups is 2. The monoisotopic (exact) mass is 301 g/mol. The topological polar surface area (TPSA) is 75.6 Å². The average molecular weight is 301 g/mol. The number of aliphatic hydroxyl groups is 1. The summed E-state index contributed by atoms with van der Waals surface area (Å²) in [5.74, 6) is -1.11. The minimum atomic E-state index is -1.75. The first-order valence-corrected chi connectivity index (χ1v) is 7.10. The van der Waals surface area contributed by atoms with Gasteiger partial charge in [0.05, 0.1) is 13.2 Å². The van der Waals surface area contributed by atoms with Gasteiger partial charge in [-0.1, -0.05) is 30.3 Å². The highest BCUT2D eigenvalue weighted by Gasteiger charge is 2.32. The molecule has 1 atom stereocenters. The van der Waals surface area contributed by atoms with Crippen molar-refractivity contribution in [2.75, 3.05) is 13.2 Å². The molecule has 5 nitrogen and oxygen atoms in total. The predicted octanol–water partition coefficient (Wildman–Crippen LogP) is 1.88. The highest BCUT2D eigenvalue weighted by Crippen LogP contribution is 2.15. The van der Waals surface area contributed by atoms with Crippen LogP contribution in [0.25, 0.3) is 10.8 Å². The summed E-state index contributed by atoms with van der Waals surface area (Å²) in [5.41, 5.74) is -1.28. The molecule has 0 radical (unpaired) electrons. The van der Waals surface area contributed by atoms with Gasteiger partial charge in [-0.25, -0.2) is 4.79 Å². The quantitative estimate of drug-likeness (QED) is 0.827. The van der Waals surface area contributed by atoms with Crippen molar-refractivity contribution in [3.05, 3.63) is 48.0 Å². The van der Waals surface area contributed by atoms with E-state index in [0.29, 0.717) is 5.56 Å². The molecule has 0 aliphatic carbocycles. The van der Waals surface area contributed by atoms with Crippen LogP contribution in [0.5, 0.6) is 0 Å². The van der Waals surface area contributed by atoms with Gasteiger partial charge in [0, 0.05) is 5.56 Å². The maximum Gasteiger partial charge on any atom is 0.339 e. The molecule has 2 aromatic rings. The summed E-state index contributed by atoms with van der Waals surface area (Å²) in [7, 11) is 0. The zero-order valence-corrected chi connectivity index (χ0v) is 12.6. The molecule has 0 bridgehead atoms. The molecule has 0 saturated heterocycles. The Labute approximate surface area is 128 Å². The van der Waals surface area contributed by atoms with Crippen LogP contribution >= 0.6 is 0 Å². The van der Waals surface area contributed by atoms with Gasteiger partial charge in [-0.05, 0) is 36.8 Å². The SMILES string of the molecule is CCOC(=O)[C@@](C)(O)CNC(=O)c1ccc2ccccc2c1. The molecule has 0 aliphatic rings. The fourth-order valence-corrected chi connectivity index (χ4v) is 2.04. The number of esters is 1. The van der Waals surface area contributed by atoms with E-state index in [0.717, 1.165) is 10.8 Å². The van der Waals surface area contributed by atoms with E-state index in [1.807, 2.05) is 30.3 Å². The zero-order chi connectivity index (χ0) is 16.2. The maximum absolute atomic E-state index is 12.1. The molecule has 0 heterocycles. The largest absolute Gasteiger partial charge is 0.464 e. The summed E-state index contributed by atoms with van der Waals surface area (Å²) in [4.78, 5) is 23.7. The van der Waals surface area contributed by atoms with Gasteiger partial charge in [0.2, 0.25) is 0 Å². The first kappa shape index (κ1) is 16.0. The van der Waals surface area contributed by atoms with Crippen molar-refractivity contribution in [2.24, 2.45) is 0 Å². The molecular formula is C17H19NO4. The number of hydrogen-bond donors (Lipinski definition) is 2. The van der Waals surface area contributed by atoms with E-state index in [9.17, 15) is 14.7 Å². The van der Waals surface area contributed by atoms with Gasteiger partial charge < -0.3 is 15.2 Å². The van der Waals surface area contributed by atoms with Crippen LogP contribution < -0.4 is 5.32 Å². The number of rotatable bonds is 5. The Bertz CT molecular complexity index is 694. The highest BCUT2D eigenvalue weighted by atomic mass is 16.5. The van der Waals surface area contributed by atoms with Crippen LogP contribution in [0.1, 0.15) is 24.2 Å². The Kier molecular flexibility index (Phi) is 4.78. The van der Waals surface area contributed by atoms with Gasteiger partial charge in [-0.3, -0.25) is 4.79 Å². The fraction of sp³-hybridized carbons (Fsp3) is 0.294. The molecule has 0 aromatic heterocycles. The van der Waals surface area contributed by atoms with Crippen molar-refractivity contribution in [2.45, 2.75) is 19.4 Å². The summed E-state index contributed by atoms with van der Waals surface area (Å²) in [6.45, 7) is 2.93. The van der Waals surface area contributed by atoms with Crippen LogP contribution in [-0.4, -0.2) is 35.7 Å². The third-order valence-corrected chi connectivity index (χ3v) is 3.32. The van der Waals surface area contributed by atoms with Gasteiger partial charge in [-0.15, -0.1) is 0 Å². The molecule has 0 aliphatic heterocycles. The van der Waals surface area contributed by atoms with Crippen LogP contribution in [0.4, 0.5) is 0 Å². The Morgan fingerprint density at radius 3 is 2.55 bits per heavy atom. The van der Waals surface area contributed by atoms with Crippen LogP contribution in [-0.2, 0) is 9.53 Å². The highest BCUT2D eigenvalue weighted by molar-refractivity contribution is 5.98. The molecule has 0 saturated carbocycles. The molecular weight excluding hydrogens is 282 g/mol. The lowest BCUT2D eigenvalue weighted by atomic mass is 10.1. The molecule has 0 spiro atoms. The number of fused-ring (bicyclic) bond motifs is 1. The van der Waals surface area contributed by atoms with Crippen molar-refractivity contribution in [1.82, 2.24) is 5.32 Å². The number of nitrogens with one attached hydrogen (secondary N) is 1. The molecule has 22 heavy (non-hydrogen) atoms. The third kappa shape index (κ3) is 3.62. The standard InChI is InChI=1S/C17H19NO4/c1-3-22-16(20)17(2,21)11-18-15(19)14-9-8-12-6-4-5-7-13(12)10-14/h4-10,21H,3,11H2,1-2H3,(H,18,19)/t17-/m0/s1. The van der Waals surface area contributed by atoms with E-state index in [2.05, 4.69) is 5.32 Å². The molecule has 0 fully saturated rings. The Balaban J connectivity index is 2.06. The van der Waals surface area contributed by atoms with Gasteiger partial charge in [0.1, 0.15) is 0 Å². The van der Waals surface area contributed by atoms with Crippen LogP contribution in [0, 0.1) is 0 Å². The van der Waals surface area contributed by atoms with Gasteiger partial charge in [0.15, 0.2) is 5.60 Å². The normalized spacial score (nSPS) is 13.4. The van der Waals surface area contributed by atoms with E-state index in [-0.39, 0.29) is 19.1 Å². The molecule has 116 valence electrons. The van der Waals surface area contributed by atoms with Crippen molar-refractivity contribution >= 4 is 22.6 Å². The molecule has 2 N–H and O–H groups in total. The van der Waals surface area contributed by atoms with Gasteiger partial charge >= 0.3 is 5.97 Å². The number of ether oxygens (including phenoxy) is 1. The first-order chi connectivity index (χ1) is 10.4. The summed E-state index contributed by atoms with van der Waals surface area (Å²) >= 11 is 0. The minimum absolute atomic E-state index is 0.174. The van der Waals surface area contributed by atoms with E-state index in [1.165, 1.54) is 6.92 Å². The Morgan fingerprint density at radius 2 is 1.86 bits per heavy atom. The van der Waals surface area contributed by atoms with E-state index >= 15 is 0 Å². The van der Waals surface area contributed by atoms with Gasteiger partial charge in [-0.2, -0.15) is 0 Å². The van der Waals surface area contributed by atoms with Crippen molar-refractivity contribution in [1.29, 1.82) is 0 Å². The summed E-state index contributed by atoms with van der Waals surface area (Å²) in [6.07, 6.45) is 0. The first-order valence-electron chi connectivity index (χ1n) is 7.10. The fourth-order valence-electron chi connectivity index (χ4n) is 2.04. The zero-order valence-electron chi connectivity index (χ0n) is 12.6. The van der Waals surface area contributed by atoms with E-state index in [1.54, 1.807) is 19.1 Å². The Hall–Kier alpha value is -2.40. The predicted molar refractivity (Wildman–Crippen MR) is 83.5 cm³/mol. The van der Waals surface area contributed by atoms with Crippen LogP contribution in [0.2, 0.25) is 0 Å². The Morgan fingerprint density at radius 1 is 1.18 bits per heavy atom. The number of hydrogen-bond acceptors (Lipinski definition) is 4. The second-order valence-corrected chi connectivity index (χ2v) is 5.24. The third-order valence-electron chi connectivity index (χ3n) is 3.32. The lowest BCUT2D eigenvalue weighted by molar-refractivity contribution is -0.162. The molecule has 1 amide bonds. The summed E-state index contributed by atoms with van der Waals surface area (Å²) in [6, 6.07) is 13.0. The van der Waals surface area contributed by atoms with E-state index in [4.69, 9.17) is 4.74 Å². The van der Waals surface area contributed by atoms with Crippen LogP contribution in [0.3, 0.4) is 0 Å². The smallest absolute Gasteiger partial charge is 0.339 e.